The molecule has 0 unspecified atom stereocenters. The Labute approximate surface area is 108 Å². The summed E-state index contributed by atoms with van der Waals surface area (Å²) in [4.78, 5) is 15.1. The lowest BCUT2D eigenvalue weighted by Crippen LogP contribution is -2.25. The summed E-state index contributed by atoms with van der Waals surface area (Å²) in [5.41, 5.74) is 0.318. The van der Waals surface area contributed by atoms with E-state index in [4.69, 9.17) is 4.74 Å². The Balaban J connectivity index is 2.24. The minimum atomic E-state index is 0.318. The maximum atomic E-state index is 5.12. The van der Waals surface area contributed by atoms with Gasteiger partial charge in [0.15, 0.2) is 0 Å². The number of hydrogen-bond donors (Lipinski definition) is 1. The van der Waals surface area contributed by atoms with Crippen molar-refractivity contribution in [2.45, 2.75) is 27.2 Å². The summed E-state index contributed by atoms with van der Waals surface area (Å²) in [6, 6.07) is 0.362. The van der Waals surface area contributed by atoms with Crippen molar-refractivity contribution in [3.8, 4) is 6.01 Å². The van der Waals surface area contributed by atoms with Gasteiger partial charge in [-0.05, 0) is 18.8 Å². The van der Waals surface area contributed by atoms with E-state index in [1.165, 1.54) is 0 Å². The molecule has 1 aliphatic rings. The fraction of sp³-hybridized carbons (Fsp3) is 0.750. The predicted molar refractivity (Wildman–Crippen MR) is 71.2 cm³/mol. The number of ether oxygens (including phenoxy) is 1. The Morgan fingerprint density at radius 3 is 2.67 bits per heavy atom. The summed E-state index contributed by atoms with van der Waals surface area (Å²) in [7, 11) is 1.57. The Morgan fingerprint density at radius 2 is 2.11 bits per heavy atom. The molecule has 0 aliphatic carbocycles. The molecule has 0 amide bonds. The van der Waals surface area contributed by atoms with Gasteiger partial charge in [0.05, 0.1) is 7.11 Å². The first-order chi connectivity index (χ1) is 8.54. The molecule has 1 aliphatic heterocycles. The molecule has 18 heavy (non-hydrogen) atoms. The van der Waals surface area contributed by atoms with Gasteiger partial charge in [0, 0.05) is 19.6 Å². The predicted octanol–water partition coefficient (Wildman–Crippen LogP) is 1.55. The van der Waals surface area contributed by atoms with E-state index < -0.39 is 0 Å². The first-order valence-corrected chi connectivity index (χ1v) is 6.33. The van der Waals surface area contributed by atoms with Crippen molar-refractivity contribution < 1.29 is 4.74 Å². The fourth-order valence-electron chi connectivity index (χ4n) is 2.10. The topological polar surface area (TPSA) is 63.2 Å². The van der Waals surface area contributed by atoms with Gasteiger partial charge in [-0.2, -0.15) is 15.0 Å². The smallest absolute Gasteiger partial charge is 0.322 e. The molecule has 100 valence electrons. The first-order valence-electron chi connectivity index (χ1n) is 6.33. The minimum absolute atomic E-state index is 0.318. The highest BCUT2D eigenvalue weighted by atomic mass is 16.5. The molecule has 6 heteroatoms. The molecule has 2 rings (SSSR count). The van der Waals surface area contributed by atoms with Crippen LogP contribution in [0.3, 0.4) is 0 Å². The molecular formula is C12H21N5O. The number of nitrogens with zero attached hydrogens (tertiary/aromatic N) is 4. The maximum Gasteiger partial charge on any atom is 0.322 e. The lowest BCUT2D eigenvalue weighted by Gasteiger charge is -2.20. The highest BCUT2D eigenvalue weighted by Crippen LogP contribution is 2.31. The van der Waals surface area contributed by atoms with Crippen LogP contribution in [0.2, 0.25) is 0 Å². The van der Waals surface area contributed by atoms with Crippen LogP contribution >= 0.6 is 0 Å². The zero-order valence-corrected chi connectivity index (χ0v) is 11.5. The SMILES string of the molecule is CCNc1nc(OC)nc(N2CCC(C)(C)C2)n1. The van der Waals surface area contributed by atoms with Crippen molar-refractivity contribution in [1.82, 2.24) is 15.0 Å². The van der Waals surface area contributed by atoms with Gasteiger partial charge in [-0.3, -0.25) is 0 Å². The summed E-state index contributed by atoms with van der Waals surface area (Å²) in [6.07, 6.45) is 1.15. The summed E-state index contributed by atoms with van der Waals surface area (Å²) in [6.45, 7) is 9.25. The number of rotatable bonds is 4. The van der Waals surface area contributed by atoms with Crippen molar-refractivity contribution in [3.63, 3.8) is 0 Å². The van der Waals surface area contributed by atoms with E-state index in [-0.39, 0.29) is 0 Å². The third-order valence-corrected chi connectivity index (χ3v) is 3.08. The molecule has 1 aromatic rings. The average molecular weight is 251 g/mol. The number of hydrogen-bond acceptors (Lipinski definition) is 6. The molecule has 2 heterocycles. The van der Waals surface area contributed by atoms with Gasteiger partial charge < -0.3 is 15.0 Å². The van der Waals surface area contributed by atoms with Crippen LogP contribution in [0.15, 0.2) is 0 Å². The summed E-state index contributed by atoms with van der Waals surface area (Å²) in [5.74, 6) is 1.27. The van der Waals surface area contributed by atoms with Gasteiger partial charge in [0.1, 0.15) is 0 Å². The number of aromatic nitrogens is 3. The normalized spacial score (nSPS) is 17.9. The van der Waals surface area contributed by atoms with E-state index in [1.54, 1.807) is 7.11 Å². The van der Waals surface area contributed by atoms with Gasteiger partial charge >= 0.3 is 6.01 Å². The van der Waals surface area contributed by atoms with Gasteiger partial charge in [-0.1, -0.05) is 13.8 Å². The largest absolute Gasteiger partial charge is 0.467 e. The standard InChI is InChI=1S/C12H21N5O/c1-5-13-9-14-10(16-11(15-9)18-4)17-7-6-12(2,3)8-17/h5-8H2,1-4H3,(H,13,14,15,16). The molecule has 0 radical (unpaired) electrons. The van der Waals surface area contributed by atoms with Crippen molar-refractivity contribution in [2.75, 3.05) is 37.0 Å². The summed E-state index contributed by atoms with van der Waals surface area (Å²) < 4.78 is 5.12. The fourth-order valence-corrected chi connectivity index (χ4v) is 2.10. The minimum Gasteiger partial charge on any atom is -0.467 e. The monoisotopic (exact) mass is 251 g/mol. The van der Waals surface area contributed by atoms with Crippen molar-refractivity contribution in [1.29, 1.82) is 0 Å². The molecule has 1 N–H and O–H groups in total. The molecule has 0 atom stereocenters. The second-order valence-electron chi connectivity index (χ2n) is 5.31. The van der Waals surface area contributed by atoms with Crippen LogP contribution < -0.4 is 15.0 Å². The van der Waals surface area contributed by atoms with Crippen LogP contribution in [0.5, 0.6) is 6.01 Å². The highest BCUT2D eigenvalue weighted by molar-refractivity contribution is 5.39. The maximum absolute atomic E-state index is 5.12. The molecule has 6 nitrogen and oxygen atoms in total. The Morgan fingerprint density at radius 1 is 1.33 bits per heavy atom. The summed E-state index contributed by atoms with van der Waals surface area (Å²) >= 11 is 0. The molecule has 1 saturated heterocycles. The number of nitrogens with one attached hydrogen (secondary N) is 1. The average Bonchev–Trinajstić information content (AvgIpc) is 2.70. The van der Waals surface area contributed by atoms with E-state index in [0.29, 0.717) is 23.3 Å². The Hall–Kier alpha value is -1.59. The molecule has 0 spiro atoms. The van der Waals surface area contributed by atoms with Crippen LogP contribution in [0.1, 0.15) is 27.2 Å². The number of anilines is 2. The van der Waals surface area contributed by atoms with Crippen LogP contribution in [0.4, 0.5) is 11.9 Å². The molecule has 0 saturated carbocycles. The third-order valence-electron chi connectivity index (χ3n) is 3.08. The van der Waals surface area contributed by atoms with Crippen LogP contribution in [0, 0.1) is 5.41 Å². The Bertz CT molecular complexity index is 421. The third kappa shape index (κ3) is 2.80. The van der Waals surface area contributed by atoms with Crippen molar-refractivity contribution in [3.05, 3.63) is 0 Å². The lowest BCUT2D eigenvalue weighted by atomic mass is 9.93. The molecule has 1 fully saturated rings. The molecule has 0 bridgehead atoms. The summed E-state index contributed by atoms with van der Waals surface area (Å²) in [5, 5.41) is 3.10. The van der Waals surface area contributed by atoms with Crippen LogP contribution in [0.25, 0.3) is 0 Å². The highest BCUT2D eigenvalue weighted by Gasteiger charge is 2.31. The first kappa shape index (κ1) is 12.9. The van der Waals surface area contributed by atoms with Gasteiger partial charge in [0.2, 0.25) is 11.9 Å². The van der Waals surface area contributed by atoms with Gasteiger partial charge in [-0.15, -0.1) is 0 Å². The van der Waals surface area contributed by atoms with E-state index in [0.717, 1.165) is 26.1 Å². The van der Waals surface area contributed by atoms with Crippen molar-refractivity contribution in [2.24, 2.45) is 5.41 Å². The van der Waals surface area contributed by atoms with Crippen LogP contribution in [-0.2, 0) is 0 Å². The zero-order valence-electron chi connectivity index (χ0n) is 11.5. The Kier molecular flexibility index (Phi) is 3.54. The molecule has 0 aromatic carbocycles. The lowest BCUT2D eigenvalue weighted by molar-refractivity contribution is 0.378. The van der Waals surface area contributed by atoms with E-state index in [2.05, 4.69) is 39.0 Å². The van der Waals surface area contributed by atoms with Crippen LogP contribution in [-0.4, -0.2) is 41.7 Å². The zero-order chi connectivity index (χ0) is 13.2. The van der Waals surface area contributed by atoms with E-state index >= 15 is 0 Å². The second-order valence-corrected chi connectivity index (χ2v) is 5.31. The number of methoxy groups -OCH3 is 1. The van der Waals surface area contributed by atoms with Crippen molar-refractivity contribution >= 4 is 11.9 Å². The van der Waals surface area contributed by atoms with Gasteiger partial charge in [-0.25, -0.2) is 0 Å². The quantitative estimate of drug-likeness (QED) is 0.876. The molecular weight excluding hydrogens is 230 g/mol. The van der Waals surface area contributed by atoms with E-state index in [1.807, 2.05) is 6.92 Å². The van der Waals surface area contributed by atoms with E-state index in [9.17, 15) is 0 Å². The second kappa shape index (κ2) is 4.96. The van der Waals surface area contributed by atoms with Gasteiger partial charge in [0.25, 0.3) is 0 Å². The molecule has 1 aromatic heterocycles.